The largest absolute Gasteiger partial charge is 1.00 e. The Kier molecular flexibility index (Phi) is 6.87. The van der Waals surface area contributed by atoms with E-state index in [2.05, 4.69) is 5.10 Å². The molecule has 0 fully saturated rings. The van der Waals surface area contributed by atoms with Crippen molar-refractivity contribution in [3.05, 3.63) is 54.2 Å². The Hall–Kier alpha value is -1.65. The molecule has 0 saturated heterocycles. The normalized spacial score (nSPS) is 12.3. The first kappa shape index (κ1) is 21.6. The minimum Gasteiger partial charge on any atom is -0.768 e. The van der Waals surface area contributed by atoms with Gasteiger partial charge in [0, 0.05) is 16.0 Å². The van der Waals surface area contributed by atoms with Crippen molar-refractivity contribution in [2.75, 3.05) is 7.11 Å². The SMILES string of the molecule is COc1cccc(-c2c(-c3ccc(S(=O)[O-])cc3)n[nH]c2C(F)(F)F)c1.[Na+]. The summed E-state index contributed by atoms with van der Waals surface area (Å²) in [6.45, 7) is 0. The van der Waals surface area contributed by atoms with Gasteiger partial charge in [0.1, 0.15) is 17.1 Å². The first-order valence-electron chi connectivity index (χ1n) is 7.31. The fraction of sp³-hybridized carbons (Fsp3) is 0.118. The van der Waals surface area contributed by atoms with Crippen molar-refractivity contribution in [3.8, 4) is 28.1 Å². The third-order valence-electron chi connectivity index (χ3n) is 3.73. The Bertz CT molecular complexity index is 959. The molecule has 1 heterocycles. The predicted octanol–water partition coefficient (Wildman–Crippen LogP) is 1.01. The van der Waals surface area contributed by atoms with Gasteiger partial charge in [-0.25, -0.2) is 0 Å². The molecular formula is C17H12F3N2NaO3S. The maximum Gasteiger partial charge on any atom is 1.00 e. The van der Waals surface area contributed by atoms with E-state index in [1.54, 1.807) is 12.1 Å². The van der Waals surface area contributed by atoms with Crippen LogP contribution in [-0.2, 0) is 17.3 Å². The van der Waals surface area contributed by atoms with Gasteiger partial charge in [-0.05, 0) is 40.9 Å². The van der Waals surface area contributed by atoms with Crippen LogP contribution in [0.4, 0.5) is 13.2 Å². The molecule has 0 aliphatic rings. The molecule has 0 amide bonds. The third-order valence-corrected chi connectivity index (χ3v) is 4.39. The summed E-state index contributed by atoms with van der Waals surface area (Å²) in [5.41, 5.74) is -0.431. The van der Waals surface area contributed by atoms with Crippen molar-refractivity contribution >= 4 is 11.1 Å². The number of aromatic nitrogens is 2. The molecule has 5 nitrogen and oxygen atoms in total. The van der Waals surface area contributed by atoms with Crippen molar-refractivity contribution in [2.24, 2.45) is 0 Å². The molecule has 1 N–H and O–H groups in total. The van der Waals surface area contributed by atoms with Gasteiger partial charge in [0.15, 0.2) is 0 Å². The molecule has 136 valence electrons. The molecule has 2 aromatic carbocycles. The van der Waals surface area contributed by atoms with Gasteiger partial charge in [0.05, 0.1) is 7.11 Å². The van der Waals surface area contributed by atoms with Crippen LogP contribution in [0.2, 0.25) is 0 Å². The van der Waals surface area contributed by atoms with Gasteiger partial charge in [-0.1, -0.05) is 24.3 Å². The number of halogens is 3. The number of hydrogen-bond acceptors (Lipinski definition) is 4. The molecule has 1 unspecified atom stereocenters. The van der Waals surface area contributed by atoms with Crippen molar-refractivity contribution in [3.63, 3.8) is 0 Å². The minimum absolute atomic E-state index is 0. The van der Waals surface area contributed by atoms with Crippen molar-refractivity contribution in [2.45, 2.75) is 11.1 Å². The van der Waals surface area contributed by atoms with Gasteiger partial charge >= 0.3 is 35.7 Å². The van der Waals surface area contributed by atoms with E-state index >= 15 is 0 Å². The number of hydrogen-bond donors (Lipinski definition) is 1. The number of ether oxygens (including phenoxy) is 1. The van der Waals surface area contributed by atoms with E-state index in [1.165, 1.54) is 43.5 Å². The summed E-state index contributed by atoms with van der Waals surface area (Å²) in [5.74, 6) is 0.403. The Labute approximate surface area is 177 Å². The van der Waals surface area contributed by atoms with Crippen molar-refractivity contribution < 1.29 is 56.2 Å². The molecule has 0 aliphatic heterocycles. The zero-order valence-electron chi connectivity index (χ0n) is 14.3. The van der Waals surface area contributed by atoms with E-state index in [4.69, 9.17) is 4.74 Å². The number of rotatable bonds is 4. The average Bonchev–Trinajstić information content (AvgIpc) is 3.07. The standard InChI is InChI=1S/C17H13F3N2O3S.Na/c1-25-12-4-2-3-11(9-12)14-15(21-22-16(14)17(18,19)20)10-5-7-13(8-6-10)26(23)24;/h2-9H,1H3,(H,21,22)(H,23,24);/q;+1/p-1. The summed E-state index contributed by atoms with van der Waals surface area (Å²) in [6.07, 6.45) is -4.64. The molecule has 0 spiro atoms. The number of alkyl halides is 3. The maximum atomic E-state index is 13.4. The number of nitrogens with zero attached hydrogens (tertiary/aromatic N) is 1. The molecule has 10 heteroatoms. The molecule has 3 aromatic rings. The Balaban J connectivity index is 0.00000261. The van der Waals surface area contributed by atoms with Crippen LogP contribution in [-0.4, -0.2) is 26.1 Å². The quantitative estimate of drug-likeness (QED) is 0.520. The molecular weight excluding hydrogens is 392 g/mol. The molecule has 1 atom stereocenters. The summed E-state index contributed by atoms with van der Waals surface area (Å²) in [7, 11) is 1.42. The molecule has 0 bridgehead atoms. The van der Waals surface area contributed by atoms with Crippen LogP contribution in [0.1, 0.15) is 5.69 Å². The summed E-state index contributed by atoms with van der Waals surface area (Å²) in [5, 5.41) is 5.87. The van der Waals surface area contributed by atoms with Crippen LogP contribution in [0.15, 0.2) is 53.4 Å². The van der Waals surface area contributed by atoms with E-state index in [1.807, 2.05) is 5.10 Å². The number of H-pyrrole nitrogens is 1. The second kappa shape index (κ2) is 8.57. The predicted molar refractivity (Wildman–Crippen MR) is 88.2 cm³/mol. The first-order valence-corrected chi connectivity index (χ1v) is 8.38. The zero-order chi connectivity index (χ0) is 18.9. The van der Waals surface area contributed by atoms with Crippen molar-refractivity contribution in [1.29, 1.82) is 0 Å². The van der Waals surface area contributed by atoms with Crippen LogP contribution in [0.5, 0.6) is 5.75 Å². The third kappa shape index (κ3) is 4.61. The van der Waals surface area contributed by atoms with E-state index in [0.29, 0.717) is 11.3 Å². The number of benzene rings is 2. The number of nitrogens with one attached hydrogen (secondary N) is 1. The first-order chi connectivity index (χ1) is 12.3. The summed E-state index contributed by atoms with van der Waals surface area (Å²) in [6, 6.07) is 11.6. The molecule has 1 aromatic heterocycles. The molecule has 3 rings (SSSR count). The second-order valence-corrected chi connectivity index (χ2v) is 6.25. The number of aromatic amines is 1. The summed E-state index contributed by atoms with van der Waals surface area (Å²) in [4.78, 5) is 0.0308. The van der Waals surface area contributed by atoms with E-state index < -0.39 is 23.0 Å². The summed E-state index contributed by atoms with van der Waals surface area (Å²) < 4.78 is 67.3. The number of methoxy groups -OCH3 is 1. The fourth-order valence-corrected chi connectivity index (χ4v) is 2.90. The Morgan fingerprint density at radius 1 is 1.11 bits per heavy atom. The van der Waals surface area contributed by atoms with Crippen LogP contribution in [0.25, 0.3) is 22.4 Å². The van der Waals surface area contributed by atoms with E-state index in [9.17, 15) is 21.9 Å². The van der Waals surface area contributed by atoms with E-state index in [0.717, 1.165) is 0 Å². The monoisotopic (exact) mass is 404 g/mol. The average molecular weight is 404 g/mol. The topological polar surface area (TPSA) is 78.0 Å². The van der Waals surface area contributed by atoms with Crippen LogP contribution < -0.4 is 34.3 Å². The van der Waals surface area contributed by atoms with Crippen LogP contribution >= 0.6 is 0 Å². The van der Waals surface area contributed by atoms with Gasteiger partial charge < -0.3 is 9.29 Å². The Morgan fingerprint density at radius 2 is 1.78 bits per heavy atom. The fourth-order valence-electron chi connectivity index (χ4n) is 2.54. The minimum atomic E-state index is -4.64. The zero-order valence-corrected chi connectivity index (χ0v) is 17.1. The molecule has 0 radical (unpaired) electrons. The van der Waals surface area contributed by atoms with Gasteiger partial charge in [-0.15, -0.1) is 0 Å². The smallest absolute Gasteiger partial charge is 0.768 e. The summed E-state index contributed by atoms with van der Waals surface area (Å²) >= 11 is -2.42. The molecule has 27 heavy (non-hydrogen) atoms. The maximum absolute atomic E-state index is 13.4. The Morgan fingerprint density at radius 3 is 2.33 bits per heavy atom. The van der Waals surface area contributed by atoms with Gasteiger partial charge in [-0.2, -0.15) is 18.3 Å². The van der Waals surface area contributed by atoms with E-state index in [-0.39, 0.29) is 51.3 Å². The van der Waals surface area contributed by atoms with Gasteiger partial charge in [0.25, 0.3) is 0 Å². The van der Waals surface area contributed by atoms with Gasteiger partial charge in [0.2, 0.25) is 0 Å². The molecule has 0 saturated carbocycles. The second-order valence-electron chi connectivity index (χ2n) is 5.31. The van der Waals surface area contributed by atoms with Crippen molar-refractivity contribution in [1.82, 2.24) is 10.2 Å². The van der Waals surface area contributed by atoms with Crippen LogP contribution in [0, 0.1) is 0 Å². The van der Waals surface area contributed by atoms with Gasteiger partial charge in [-0.3, -0.25) is 9.31 Å². The molecule has 0 aliphatic carbocycles. The van der Waals surface area contributed by atoms with Crippen LogP contribution in [0.3, 0.4) is 0 Å².